The summed E-state index contributed by atoms with van der Waals surface area (Å²) in [6, 6.07) is 3.68. The van der Waals surface area contributed by atoms with Crippen LogP contribution >= 0.6 is 12.4 Å². The molecule has 1 aliphatic carbocycles. The van der Waals surface area contributed by atoms with E-state index in [0.29, 0.717) is 36.3 Å². The Labute approximate surface area is 149 Å². The molecule has 6 nitrogen and oxygen atoms in total. The maximum atomic E-state index is 12.4. The fourth-order valence-corrected chi connectivity index (χ4v) is 3.28. The van der Waals surface area contributed by atoms with Gasteiger partial charge in [0.2, 0.25) is 11.7 Å². The first kappa shape index (κ1) is 20.4. The number of hydrogen-bond donors (Lipinski definition) is 2. The third kappa shape index (κ3) is 4.24. The SMILES string of the molecule is COc1ccc(CNC(=O)[C@@H]2CCC[C@@H]2CN)c(OC)c1OC.Cl. The summed E-state index contributed by atoms with van der Waals surface area (Å²) in [4.78, 5) is 12.4. The summed E-state index contributed by atoms with van der Waals surface area (Å²) >= 11 is 0. The Balaban J connectivity index is 0.00000288. The van der Waals surface area contributed by atoms with Crippen molar-refractivity contribution < 1.29 is 19.0 Å². The van der Waals surface area contributed by atoms with Crippen molar-refractivity contribution in [1.82, 2.24) is 5.32 Å². The molecule has 24 heavy (non-hydrogen) atoms. The molecule has 7 heteroatoms. The zero-order valence-corrected chi connectivity index (χ0v) is 15.3. The number of hydrogen-bond acceptors (Lipinski definition) is 5. The third-order valence-corrected chi connectivity index (χ3v) is 4.54. The molecule has 0 radical (unpaired) electrons. The van der Waals surface area contributed by atoms with Crippen LogP contribution in [0, 0.1) is 11.8 Å². The Morgan fingerprint density at radius 1 is 1.17 bits per heavy atom. The first-order valence-corrected chi connectivity index (χ1v) is 7.91. The monoisotopic (exact) mass is 358 g/mol. The smallest absolute Gasteiger partial charge is 0.223 e. The highest BCUT2D eigenvalue weighted by molar-refractivity contribution is 5.85. The van der Waals surface area contributed by atoms with E-state index < -0.39 is 0 Å². The summed E-state index contributed by atoms with van der Waals surface area (Å²) in [7, 11) is 4.71. The number of rotatable bonds is 7. The molecule has 2 atom stereocenters. The van der Waals surface area contributed by atoms with E-state index in [9.17, 15) is 4.79 Å². The van der Waals surface area contributed by atoms with Crippen LogP contribution < -0.4 is 25.3 Å². The molecule has 1 amide bonds. The van der Waals surface area contributed by atoms with Gasteiger partial charge in [0, 0.05) is 18.0 Å². The Kier molecular flexibility index (Phi) is 8.15. The molecule has 0 aromatic heterocycles. The molecule has 1 aromatic rings. The van der Waals surface area contributed by atoms with Crippen LogP contribution in [0.1, 0.15) is 24.8 Å². The van der Waals surface area contributed by atoms with Crippen LogP contribution in [0.5, 0.6) is 17.2 Å². The van der Waals surface area contributed by atoms with Crippen LogP contribution in [0.3, 0.4) is 0 Å². The van der Waals surface area contributed by atoms with Gasteiger partial charge in [-0.3, -0.25) is 4.79 Å². The second-order valence-corrected chi connectivity index (χ2v) is 5.74. The van der Waals surface area contributed by atoms with Crippen molar-refractivity contribution >= 4 is 18.3 Å². The molecular weight excluding hydrogens is 332 g/mol. The highest BCUT2D eigenvalue weighted by Crippen LogP contribution is 2.39. The molecule has 1 aromatic carbocycles. The van der Waals surface area contributed by atoms with Crippen molar-refractivity contribution in [2.24, 2.45) is 17.6 Å². The fraction of sp³-hybridized carbons (Fsp3) is 0.588. The maximum absolute atomic E-state index is 12.4. The number of carbonyl (C=O) groups excluding carboxylic acids is 1. The van der Waals surface area contributed by atoms with E-state index in [-0.39, 0.29) is 24.2 Å². The Morgan fingerprint density at radius 2 is 1.88 bits per heavy atom. The molecule has 2 rings (SSSR count). The minimum atomic E-state index is 0. The lowest BCUT2D eigenvalue weighted by Gasteiger charge is -2.19. The lowest BCUT2D eigenvalue weighted by atomic mass is 9.95. The molecule has 0 spiro atoms. The average molecular weight is 359 g/mol. The molecule has 0 aliphatic heterocycles. The molecule has 0 bridgehead atoms. The quantitative estimate of drug-likeness (QED) is 0.780. The summed E-state index contributed by atoms with van der Waals surface area (Å²) in [6.45, 7) is 0.952. The standard InChI is InChI=1S/C17H26N2O4.ClH/c1-21-14-8-7-12(15(22-2)16(14)23-3)10-19-17(20)13-6-4-5-11(13)9-18;/h7-8,11,13H,4-6,9-10,18H2,1-3H3,(H,19,20);1H/t11-,13-;/m1./s1. The number of nitrogens with two attached hydrogens (primary N) is 1. The zero-order valence-electron chi connectivity index (χ0n) is 14.5. The number of methoxy groups -OCH3 is 3. The predicted octanol–water partition coefficient (Wildman–Crippen LogP) is 2.13. The Bertz CT molecular complexity index is 554. The van der Waals surface area contributed by atoms with Crippen molar-refractivity contribution in [1.29, 1.82) is 0 Å². The van der Waals surface area contributed by atoms with E-state index in [2.05, 4.69) is 5.32 Å². The topological polar surface area (TPSA) is 82.8 Å². The van der Waals surface area contributed by atoms with Crippen molar-refractivity contribution in [2.75, 3.05) is 27.9 Å². The number of nitrogens with one attached hydrogen (secondary N) is 1. The molecule has 3 N–H and O–H groups in total. The molecule has 0 saturated heterocycles. The summed E-state index contributed by atoms with van der Waals surface area (Å²) in [5.74, 6) is 2.08. The Morgan fingerprint density at radius 3 is 2.46 bits per heavy atom. The molecule has 0 unspecified atom stereocenters. The van der Waals surface area contributed by atoms with Crippen LogP contribution in [-0.2, 0) is 11.3 Å². The second-order valence-electron chi connectivity index (χ2n) is 5.74. The van der Waals surface area contributed by atoms with Gasteiger partial charge >= 0.3 is 0 Å². The molecule has 136 valence electrons. The van der Waals surface area contributed by atoms with Gasteiger partial charge in [-0.05, 0) is 37.4 Å². The highest BCUT2D eigenvalue weighted by atomic mass is 35.5. The molecule has 0 heterocycles. The molecule has 1 saturated carbocycles. The zero-order chi connectivity index (χ0) is 16.8. The number of carbonyl (C=O) groups is 1. The molecule has 1 aliphatic rings. The minimum Gasteiger partial charge on any atom is -0.493 e. The van der Waals surface area contributed by atoms with E-state index in [1.807, 2.05) is 6.07 Å². The van der Waals surface area contributed by atoms with Crippen molar-refractivity contribution in [3.05, 3.63) is 17.7 Å². The van der Waals surface area contributed by atoms with Gasteiger partial charge in [0.25, 0.3) is 0 Å². The van der Waals surface area contributed by atoms with Gasteiger partial charge in [0.15, 0.2) is 11.5 Å². The normalized spacial score (nSPS) is 19.3. The van der Waals surface area contributed by atoms with Gasteiger partial charge in [0.1, 0.15) is 0 Å². The first-order chi connectivity index (χ1) is 11.2. The Hall–Kier alpha value is -1.66. The summed E-state index contributed by atoms with van der Waals surface area (Å²) < 4.78 is 16.1. The number of amides is 1. The maximum Gasteiger partial charge on any atom is 0.223 e. The summed E-state index contributed by atoms with van der Waals surface area (Å²) in [6.07, 6.45) is 3.02. The van der Waals surface area contributed by atoms with E-state index in [0.717, 1.165) is 24.8 Å². The van der Waals surface area contributed by atoms with Crippen molar-refractivity contribution in [3.63, 3.8) is 0 Å². The van der Waals surface area contributed by atoms with E-state index in [1.165, 1.54) is 0 Å². The third-order valence-electron chi connectivity index (χ3n) is 4.54. The van der Waals surface area contributed by atoms with E-state index >= 15 is 0 Å². The van der Waals surface area contributed by atoms with E-state index in [4.69, 9.17) is 19.9 Å². The average Bonchev–Trinajstić information content (AvgIpc) is 3.07. The van der Waals surface area contributed by atoms with Gasteiger partial charge in [-0.2, -0.15) is 0 Å². The molecule has 1 fully saturated rings. The van der Waals surface area contributed by atoms with Crippen LogP contribution in [0.4, 0.5) is 0 Å². The molecular formula is C17H27ClN2O4. The summed E-state index contributed by atoms with van der Waals surface area (Å²) in [5.41, 5.74) is 6.60. The van der Waals surface area contributed by atoms with Crippen LogP contribution in [-0.4, -0.2) is 33.8 Å². The van der Waals surface area contributed by atoms with Gasteiger partial charge < -0.3 is 25.3 Å². The minimum absolute atomic E-state index is 0. The summed E-state index contributed by atoms with van der Waals surface area (Å²) in [5, 5.41) is 3.00. The fourth-order valence-electron chi connectivity index (χ4n) is 3.28. The van der Waals surface area contributed by atoms with Gasteiger partial charge in [-0.1, -0.05) is 6.42 Å². The van der Waals surface area contributed by atoms with Gasteiger partial charge in [0.05, 0.1) is 21.3 Å². The van der Waals surface area contributed by atoms with E-state index in [1.54, 1.807) is 27.4 Å². The van der Waals surface area contributed by atoms with Crippen LogP contribution in [0.15, 0.2) is 12.1 Å². The van der Waals surface area contributed by atoms with Crippen molar-refractivity contribution in [2.45, 2.75) is 25.8 Å². The van der Waals surface area contributed by atoms with Crippen LogP contribution in [0.25, 0.3) is 0 Å². The number of benzene rings is 1. The van der Waals surface area contributed by atoms with Crippen molar-refractivity contribution in [3.8, 4) is 17.2 Å². The largest absolute Gasteiger partial charge is 0.493 e. The first-order valence-electron chi connectivity index (χ1n) is 7.91. The highest BCUT2D eigenvalue weighted by Gasteiger charge is 2.31. The van der Waals surface area contributed by atoms with Gasteiger partial charge in [-0.25, -0.2) is 0 Å². The lowest BCUT2D eigenvalue weighted by molar-refractivity contribution is -0.126. The number of ether oxygens (including phenoxy) is 3. The van der Waals surface area contributed by atoms with Crippen LogP contribution in [0.2, 0.25) is 0 Å². The predicted molar refractivity (Wildman–Crippen MR) is 95.1 cm³/mol. The van der Waals surface area contributed by atoms with Gasteiger partial charge in [-0.15, -0.1) is 12.4 Å². The number of halogens is 1. The lowest BCUT2D eigenvalue weighted by Crippen LogP contribution is -2.34. The second kappa shape index (κ2) is 9.59.